The van der Waals surface area contributed by atoms with E-state index >= 15 is 0 Å². The Morgan fingerprint density at radius 3 is 2.89 bits per heavy atom. The van der Waals surface area contributed by atoms with Crippen molar-refractivity contribution < 1.29 is 4.79 Å². The Morgan fingerprint density at radius 1 is 1.50 bits per heavy atom. The zero-order valence-corrected chi connectivity index (χ0v) is 12.0. The predicted octanol–water partition coefficient (Wildman–Crippen LogP) is 3.95. The van der Waals surface area contributed by atoms with E-state index in [1.807, 2.05) is 19.1 Å². The molecule has 0 unspecified atom stereocenters. The minimum absolute atomic E-state index is 0.0930. The molecule has 1 atom stereocenters. The van der Waals surface area contributed by atoms with Crippen molar-refractivity contribution in [2.45, 2.75) is 13.0 Å². The molecule has 3 nitrogen and oxygen atoms in total. The van der Waals surface area contributed by atoms with Crippen LogP contribution in [0.4, 0.5) is 0 Å². The van der Waals surface area contributed by atoms with E-state index in [1.54, 1.807) is 18.3 Å². The van der Waals surface area contributed by atoms with Gasteiger partial charge in [-0.25, -0.2) is 0 Å². The van der Waals surface area contributed by atoms with Crippen molar-refractivity contribution in [2.75, 3.05) is 0 Å². The molecule has 1 amide bonds. The minimum Gasteiger partial charge on any atom is -0.352 e. The topological polar surface area (TPSA) is 44.9 Å². The maximum absolute atomic E-state index is 12.0. The van der Waals surface area contributed by atoms with Gasteiger partial charge in [0.25, 0.3) is 5.91 Å². The number of thiophene rings is 1. The summed E-state index contributed by atoms with van der Waals surface area (Å²) in [5.41, 5.74) is 0.474. The summed E-state index contributed by atoms with van der Waals surface area (Å²) in [6.45, 7) is 1.91. The molecule has 0 radical (unpaired) electrons. The molecular weight excluding hydrogens is 288 g/mol. The second-order valence-corrected chi connectivity index (χ2v) is 5.90. The highest BCUT2D eigenvalue weighted by molar-refractivity contribution is 7.71. The number of halogens is 1. The van der Waals surface area contributed by atoms with Crippen LogP contribution in [0.3, 0.4) is 0 Å². The molecule has 94 valence electrons. The van der Waals surface area contributed by atoms with E-state index in [2.05, 4.69) is 10.3 Å². The summed E-state index contributed by atoms with van der Waals surface area (Å²) in [6.07, 6.45) is 1.70. The molecule has 0 saturated heterocycles. The lowest BCUT2D eigenvalue weighted by atomic mass is 10.2. The van der Waals surface area contributed by atoms with Gasteiger partial charge in [0.2, 0.25) is 0 Å². The van der Waals surface area contributed by atoms with Crippen molar-refractivity contribution in [3.8, 4) is 0 Å². The SMILES string of the molecule is C[C@@H](NC(=O)c1ccc[nH]c1=S)c1ccc(Cl)s1. The van der Waals surface area contributed by atoms with E-state index in [0.717, 1.165) is 4.88 Å². The van der Waals surface area contributed by atoms with E-state index in [1.165, 1.54) is 11.3 Å². The molecule has 0 bridgehead atoms. The second kappa shape index (κ2) is 5.65. The Labute approximate surface area is 119 Å². The number of nitrogens with one attached hydrogen (secondary N) is 2. The maximum Gasteiger partial charge on any atom is 0.254 e. The van der Waals surface area contributed by atoms with E-state index in [4.69, 9.17) is 23.8 Å². The number of carbonyl (C=O) groups excluding carboxylic acids is 1. The molecule has 0 aliphatic heterocycles. The normalized spacial score (nSPS) is 12.1. The van der Waals surface area contributed by atoms with Gasteiger partial charge in [-0.15, -0.1) is 11.3 Å². The highest BCUT2D eigenvalue weighted by Crippen LogP contribution is 2.26. The smallest absolute Gasteiger partial charge is 0.254 e. The van der Waals surface area contributed by atoms with Crippen LogP contribution in [-0.4, -0.2) is 10.9 Å². The largest absolute Gasteiger partial charge is 0.352 e. The fourth-order valence-corrected chi connectivity index (χ4v) is 2.80. The first kappa shape index (κ1) is 13.3. The number of H-pyrrole nitrogens is 1. The standard InChI is InChI=1S/C12H11ClN2OS2/c1-7(9-4-5-10(13)18-9)15-11(16)8-3-2-6-14-12(8)17/h2-7H,1H3,(H,14,17)(H,15,16)/t7-/m1/s1. The van der Waals surface area contributed by atoms with Gasteiger partial charge in [-0.05, 0) is 31.2 Å². The molecule has 0 aliphatic carbocycles. The Morgan fingerprint density at radius 2 is 2.28 bits per heavy atom. The Hall–Kier alpha value is -1.17. The zero-order valence-electron chi connectivity index (χ0n) is 9.57. The molecule has 2 aromatic rings. The van der Waals surface area contributed by atoms with Crippen LogP contribution in [0.5, 0.6) is 0 Å². The van der Waals surface area contributed by atoms with Crippen LogP contribution >= 0.6 is 35.2 Å². The Balaban J connectivity index is 2.13. The van der Waals surface area contributed by atoms with E-state index in [9.17, 15) is 4.79 Å². The molecule has 0 aliphatic rings. The summed E-state index contributed by atoms with van der Waals surface area (Å²) in [5, 5.41) is 2.89. The number of aromatic nitrogens is 1. The van der Waals surface area contributed by atoms with Gasteiger partial charge in [0.15, 0.2) is 0 Å². The summed E-state index contributed by atoms with van der Waals surface area (Å²) < 4.78 is 1.15. The third-order valence-electron chi connectivity index (χ3n) is 2.43. The average Bonchev–Trinajstić information content (AvgIpc) is 2.76. The molecule has 2 aromatic heterocycles. The number of hydrogen-bond donors (Lipinski definition) is 2. The van der Waals surface area contributed by atoms with Crippen LogP contribution in [0.25, 0.3) is 0 Å². The predicted molar refractivity (Wildman–Crippen MR) is 76.8 cm³/mol. The van der Waals surface area contributed by atoms with E-state index in [-0.39, 0.29) is 11.9 Å². The van der Waals surface area contributed by atoms with Crippen LogP contribution in [-0.2, 0) is 0 Å². The van der Waals surface area contributed by atoms with Gasteiger partial charge in [-0.3, -0.25) is 4.79 Å². The van der Waals surface area contributed by atoms with Gasteiger partial charge >= 0.3 is 0 Å². The monoisotopic (exact) mass is 298 g/mol. The van der Waals surface area contributed by atoms with E-state index in [0.29, 0.717) is 14.5 Å². The van der Waals surface area contributed by atoms with Gasteiger partial charge < -0.3 is 10.3 Å². The van der Waals surface area contributed by atoms with Crippen molar-refractivity contribution in [1.82, 2.24) is 10.3 Å². The Kier molecular flexibility index (Phi) is 4.16. The summed E-state index contributed by atoms with van der Waals surface area (Å²) in [6, 6.07) is 7.08. The van der Waals surface area contributed by atoms with Crippen LogP contribution in [0.15, 0.2) is 30.5 Å². The fraction of sp³-hybridized carbons (Fsp3) is 0.167. The van der Waals surface area contributed by atoms with Gasteiger partial charge in [-0.2, -0.15) is 0 Å². The minimum atomic E-state index is -0.186. The number of carbonyl (C=O) groups is 1. The summed E-state index contributed by atoms with van der Waals surface area (Å²) in [5.74, 6) is -0.186. The molecule has 18 heavy (non-hydrogen) atoms. The van der Waals surface area contributed by atoms with Crippen molar-refractivity contribution in [1.29, 1.82) is 0 Å². The molecule has 6 heteroatoms. The molecule has 0 fully saturated rings. The molecule has 0 saturated carbocycles. The third-order valence-corrected chi connectivity index (χ3v) is 4.18. The second-order valence-electron chi connectivity index (χ2n) is 3.75. The first-order valence-electron chi connectivity index (χ1n) is 5.31. The maximum atomic E-state index is 12.0. The lowest BCUT2D eigenvalue weighted by Gasteiger charge is -2.12. The lowest BCUT2D eigenvalue weighted by molar-refractivity contribution is 0.0939. The lowest BCUT2D eigenvalue weighted by Crippen LogP contribution is -2.26. The molecule has 2 rings (SSSR count). The third kappa shape index (κ3) is 2.98. The summed E-state index contributed by atoms with van der Waals surface area (Å²) >= 11 is 12.4. The number of hydrogen-bond acceptors (Lipinski definition) is 3. The summed E-state index contributed by atoms with van der Waals surface area (Å²) in [4.78, 5) is 15.9. The van der Waals surface area contributed by atoms with Gasteiger partial charge in [0, 0.05) is 11.1 Å². The molecule has 0 spiro atoms. The highest BCUT2D eigenvalue weighted by atomic mass is 35.5. The Bertz CT molecular complexity index is 620. The van der Waals surface area contributed by atoms with Crippen molar-refractivity contribution in [3.63, 3.8) is 0 Å². The quantitative estimate of drug-likeness (QED) is 0.843. The van der Waals surface area contributed by atoms with Crippen LogP contribution in [0.1, 0.15) is 28.2 Å². The van der Waals surface area contributed by atoms with Crippen molar-refractivity contribution in [3.05, 3.63) is 49.9 Å². The fourth-order valence-electron chi connectivity index (χ4n) is 1.51. The first-order valence-corrected chi connectivity index (χ1v) is 6.92. The van der Waals surface area contributed by atoms with Crippen molar-refractivity contribution in [2.24, 2.45) is 0 Å². The number of rotatable bonds is 3. The average molecular weight is 299 g/mol. The summed E-state index contributed by atoms with van der Waals surface area (Å²) in [7, 11) is 0. The molecule has 0 aromatic carbocycles. The van der Waals surface area contributed by atoms with Crippen LogP contribution in [0, 0.1) is 4.64 Å². The van der Waals surface area contributed by atoms with Gasteiger partial charge in [-0.1, -0.05) is 23.8 Å². The van der Waals surface area contributed by atoms with Crippen LogP contribution in [0.2, 0.25) is 4.34 Å². The highest BCUT2D eigenvalue weighted by Gasteiger charge is 2.13. The number of pyridine rings is 1. The van der Waals surface area contributed by atoms with Crippen LogP contribution < -0.4 is 5.32 Å². The van der Waals surface area contributed by atoms with E-state index < -0.39 is 0 Å². The molecule has 2 N–H and O–H groups in total. The number of amides is 1. The molecular formula is C12H11ClN2OS2. The van der Waals surface area contributed by atoms with Crippen molar-refractivity contribution >= 4 is 41.1 Å². The zero-order chi connectivity index (χ0) is 13.1. The molecule has 2 heterocycles. The van der Waals surface area contributed by atoms with Gasteiger partial charge in [0.05, 0.1) is 15.9 Å². The van der Waals surface area contributed by atoms with Gasteiger partial charge in [0.1, 0.15) is 4.64 Å². The first-order chi connectivity index (χ1) is 8.58. The number of aromatic amines is 1.